The van der Waals surface area contributed by atoms with E-state index in [1.54, 1.807) is 0 Å². The van der Waals surface area contributed by atoms with Crippen molar-refractivity contribution in [2.45, 2.75) is 6.54 Å². The molecule has 0 aromatic heterocycles. The van der Waals surface area contributed by atoms with Gasteiger partial charge in [0.2, 0.25) is 0 Å². The van der Waals surface area contributed by atoms with Crippen molar-refractivity contribution in [2.24, 2.45) is 4.99 Å². The van der Waals surface area contributed by atoms with E-state index in [1.165, 1.54) is 11.3 Å². The highest BCUT2D eigenvalue weighted by Gasteiger charge is 2.14. The summed E-state index contributed by atoms with van der Waals surface area (Å²) in [7, 11) is 1.82. The van der Waals surface area contributed by atoms with Crippen LogP contribution in [0, 0.1) is 0 Å². The standard InChI is InChI=1S/C19H31N5O2/c1-20-19(21-6-7-23-8-12-25-13-9-23)22-16-17-4-2-3-5-18(17)24-10-14-26-15-11-24/h2-5H,6-16H2,1H3,(H2,20,21,22). The summed E-state index contributed by atoms with van der Waals surface area (Å²) in [6.45, 7) is 9.84. The molecule has 0 spiro atoms. The van der Waals surface area contributed by atoms with Crippen LogP contribution in [0.25, 0.3) is 0 Å². The molecule has 7 nitrogen and oxygen atoms in total. The Labute approximate surface area is 156 Å². The van der Waals surface area contributed by atoms with Gasteiger partial charge in [0, 0.05) is 58.5 Å². The first-order valence-electron chi connectivity index (χ1n) is 9.52. The molecule has 0 aliphatic carbocycles. The minimum Gasteiger partial charge on any atom is -0.379 e. The number of nitrogens with zero attached hydrogens (tertiary/aromatic N) is 3. The molecule has 2 aliphatic rings. The van der Waals surface area contributed by atoms with Crippen LogP contribution in [0.1, 0.15) is 5.56 Å². The molecule has 1 aromatic rings. The summed E-state index contributed by atoms with van der Waals surface area (Å²) >= 11 is 0. The topological polar surface area (TPSA) is 61.4 Å². The molecule has 0 amide bonds. The molecule has 0 radical (unpaired) electrons. The molecule has 2 fully saturated rings. The number of hydrogen-bond donors (Lipinski definition) is 2. The number of morpholine rings is 2. The lowest BCUT2D eigenvalue weighted by Gasteiger charge is -2.30. The summed E-state index contributed by atoms with van der Waals surface area (Å²) < 4.78 is 10.9. The van der Waals surface area contributed by atoms with Crippen LogP contribution in [-0.4, -0.2) is 83.6 Å². The Morgan fingerprint density at radius 1 is 1.00 bits per heavy atom. The van der Waals surface area contributed by atoms with Gasteiger partial charge in [-0.15, -0.1) is 0 Å². The molecule has 0 atom stereocenters. The first-order valence-corrected chi connectivity index (χ1v) is 9.52. The Kier molecular flexibility index (Phi) is 7.54. The van der Waals surface area contributed by atoms with Gasteiger partial charge in [0.1, 0.15) is 0 Å². The second-order valence-electron chi connectivity index (χ2n) is 6.53. The Morgan fingerprint density at radius 3 is 2.42 bits per heavy atom. The SMILES string of the molecule is CN=C(NCCN1CCOCC1)NCc1ccccc1N1CCOCC1. The number of anilines is 1. The Bertz CT molecular complexity index is 569. The third kappa shape index (κ3) is 5.59. The Balaban J connectivity index is 1.47. The predicted molar refractivity (Wildman–Crippen MR) is 105 cm³/mol. The van der Waals surface area contributed by atoms with Crippen molar-refractivity contribution < 1.29 is 9.47 Å². The third-order valence-corrected chi connectivity index (χ3v) is 4.84. The molecule has 2 N–H and O–H groups in total. The molecule has 2 heterocycles. The van der Waals surface area contributed by atoms with Gasteiger partial charge in [-0.05, 0) is 11.6 Å². The summed E-state index contributed by atoms with van der Waals surface area (Å²) in [5, 5.41) is 6.85. The number of aliphatic imine (C=N–C) groups is 1. The lowest BCUT2D eigenvalue weighted by atomic mass is 10.1. The molecule has 0 saturated carbocycles. The lowest BCUT2D eigenvalue weighted by molar-refractivity contribution is 0.0389. The van der Waals surface area contributed by atoms with E-state index in [-0.39, 0.29) is 0 Å². The normalized spacial score (nSPS) is 19.4. The van der Waals surface area contributed by atoms with E-state index in [0.717, 1.165) is 78.2 Å². The van der Waals surface area contributed by atoms with Crippen molar-refractivity contribution >= 4 is 11.6 Å². The molecule has 3 rings (SSSR count). The maximum Gasteiger partial charge on any atom is 0.191 e. The van der Waals surface area contributed by atoms with Crippen LogP contribution in [0.2, 0.25) is 0 Å². The van der Waals surface area contributed by atoms with E-state index in [1.807, 2.05) is 7.05 Å². The van der Waals surface area contributed by atoms with Crippen molar-refractivity contribution in [3.8, 4) is 0 Å². The van der Waals surface area contributed by atoms with Gasteiger partial charge in [0.15, 0.2) is 5.96 Å². The average molecular weight is 361 g/mol. The second-order valence-corrected chi connectivity index (χ2v) is 6.53. The van der Waals surface area contributed by atoms with Gasteiger partial charge in [-0.3, -0.25) is 9.89 Å². The largest absolute Gasteiger partial charge is 0.379 e. The first-order chi connectivity index (χ1) is 12.9. The maximum atomic E-state index is 5.47. The predicted octanol–water partition coefficient (Wildman–Crippen LogP) is 0.520. The molecule has 0 bridgehead atoms. The van der Waals surface area contributed by atoms with Crippen LogP contribution < -0.4 is 15.5 Å². The Morgan fingerprint density at radius 2 is 1.69 bits per heavy atom. The van der Waals surface area contributed by atoms with Crippen LogP contribution >= 0.6 is 0 Å². The molecule has 144 valence electrons. The lowest BCUT2D eigenvalue weighted by Crippen LogP contribution is -2.44. The number of guanidine groups is 1. The van der Waals surface area contributed by atoms with E-state index in [2.05, 4.69) is 49.7 Å². The molecule has 7 heteroatoms. The van der Waals surface area contributed by atoms with Gasteiger partial charge in [-0.2, -0.15) is 0 Å². The highest BCUT2D eigenvalue weighted by molar-refractivity contribution is 5.79. The van der Waals surface area contributed by atoms with Crippen molar-refractivity contribution in [1.82, 2.24) is 15.5 Å². The van der Waals surface area contributed by atoms with Gasteiger partial charge in [-0.25, -0.2) is 0 Å². The van der Waals surface area contributed by atoms with Crippen molar-refractivity contribution in [3.63, 3.8) is 0 Å². The minimum atomic E-state index is 0.755. The molecule has 1 aromatic carbocycles. The summed E-state index contributed by atoms with van der Waals surface area (Å²) in [5.74, 6) is 0.843. The van der Waals surface area contributed by atoms with Crippen LogP contribution in [0.3, 0.4) is 0 Å². The molecule has 2 aliphatic heterocycles. The van der Waals surface area contributed by atoms with Crippen LogP contribution in [0.4, 0.5) is 5.69 Å². The first kappa shape index (κ1) is 18.9. The fraction of sp³-hybridized carbons (Fsp3) is 0.632. The van der Waals surface area contributed by atoms with E-state index in [9.17, 15) is 0 Å². The summed E-state index contributed by atoms with van der Waals surface area (Å²) in [6.07, 6.45) is 0. The van der Waals surface area contributed by atoms with Gasteiger partial charge in [-0.1, -0.05) is 18.2 Å². The smallest absolute Gasteiger partial charge is 0.191 e. The number of ether oxygens (including phenoxy) is 2. The zero-order valence-electron chi connectivity index (χ0n) is 15.7. The highest BCUT2D eigenvalue weighted by Crippen LogP contribution is 2.21. The number of hydrogen-bond acceptors (Lipinski definition) is 5. The van der Waals surface area contributed by atoms with E-state index in [4.69, 9.17) is 9.47 Å². The zero-order chi connectivity index (χ0) is 18.0. The van der Waals surface area contributed by atoms with Gasteiger partial charge >= 0.3 is 0 Å². The summed E-state index contributed by atoms with van der Waals surface area (Å²) in [6, 6.07) is 8.56. The zero-order valence-corrected chi connectivity index (χ0v) is 15.7. The molecular weight excluding hydrogens is 330 g/mol. The fourth-order valence-corrected chi connectivity index (χ4v) is 3.33. The van der Waals surface area contributed by atoms with Crippen molar-refractivity contribution in [1.29, 1.82) is 0 Å². The number of para-hydroxylation sites is 1. The highest BCUT2D eigenvalue weighted by atomic mass is 16.5. The fourth-order valence-electron chi connectivity index (χ4n) is 3.33. The summed E-state index contributed by atoms with van der Waals surface area (Å²) in [4.78, 5) is 9.16. The van der Waals surface area contributed by atoms with Gasteiger partial charge in [0.05, 0.1) is 26.4 Å². The molecule has 26 heavy (non-hydrogen) atoms. The van der Waals surface area contributed by atoms with Crippen LogP contribution in [-0.2, 0) is 16.0 Å². The molecule has 2 saturated heterocycles. The number of rotatable bonds is 6. The van der Waals surface area contributed by atoms with Crippen molar-refractivity contribution in [3.05, 3.63) is 29.8 Å². The Hall–Kier alpha value is -1.83. The van der Waals surface area contributed by atoms with E-state index in [0.29, 0.717) is 0 Å². The molecule has 0 unspecified atom stereocenters. The van der Waals surface area contributed by atoms with E-state index < -0.39 is 0 Å². The second kappa shape index (κ2) is 10.4. The number of benzene rings is 1. The summed E-state index contributed by atoms with van der Waals surface area (Å²) in [5.41, 5.74) is 2.57. The maximum absolute atomic E-state index is 5.47. The van der Waals surface area contributed by atoms with Gasteiger partial charge < -0.3 is 25.0 Å². The van der Waals surface area contributed by atoms with Crippen LogP contribution in [0.5, 0.6) is 0 Å². The van der Waals surface area contributed by atoms with Gasteiger partial charge in [0.25, 0.3) is 0 Å². The van der Waals surface area contributed by atoms with Crippen molar-refractivity contribution in [2.75, 3.05) is 77.6 Å². The van der Waals surface area contributed by atoms with E-state index >= 15 is 0 Å². The molecular formula is C19H31N5O2. The quantitative estimate of drug-likeness (QED) is 0.569. The number of nitrogens with one attached hydrogen (secondary N) is 2. The minimum absolute atomic E-state index is 0.755. The average Bonchev–Trinajstić information content (AvgIpc) is 2.72. The monoisotopic (exact) mass is 361 g/mol. The van der Waals surface area contributed by atoms with Crippen LogP contribution in [0.15, 0.2) is 29.3 Å². The third-order valence-electron chi connectivity index (χ3n) is 4.84.